The maximum atomic E-state index is 14.3. The van der Waals surface area contributed by atoms with Crippen LogP contribution in [0.5, 0.6) is 0 Å². The molecule has 0 saturated heterocycles. The minimum absolute atomic E-state index is 0.0842. The molecular formula is C33H24F7N3O3S. The molecule has 1 unspecified atom stereocenters. The quantitative estimate of drug-likeness (QED) is 0.0725. The summed E-state index contributed by atoms with van der Waals surface area (Å²) in [4.78, 5) is 39.3. The topological polar surface area (TPSA) is 87.3 Å². The molecule has 4 rings (SSSR count). The van der Waals surface area contributed by atoms with Crippen LogP contribution in [0.4, 0.5) is 42.1 Å². The lowest BCUT2D eigenvalue weighted by Gasteiger charge is -2.17. The van der Waals surface area contributed by atoms with E-state index >= 15 is 0 Å². The van der Waals surface area contributed by atoms with Crippen molar-refractivity contribution in [2.45, 2.75) is 30.2 Å². The van der Waals surface area contributed by atoms with Crippen LogP contribution in [-0.2, 0) is 15.8 Å². The normalized spacial score (nSPS) is 12.3. The molecular weight excluding hydrogens is 651 g/mol. The molecule has 0 heterocycles. The van der Waals surface area contributed by atoms with E-state index in [0.29, 0.717) is 16.0 Å². The second-order valence-corrected chi connectivity index (χ2v) is 11.4. The summed E-state index contributed by atoms with van der Waals surface area (Å²) >= 11 is 0.801. The SMILES string of the molecule is Cc1ccccc1/C=C(\NC(=O)c1ccccc1)C(=O)Nc1cccc(SC(C)C(=O)Nc2c(F)c(F)c(C(F)(F)F)c(F)c2F)c1. The number of alkyl halides is 3. The Bertz CT molecular complexity index is 1840. The fraction of sp³-hybridized carbons (Fsp3) is 0.121. The molecule has 6 nitrogen and oxygen atoms in total. The second kappa shape index (κ2) is 14.5. The van der Waals surface area contributed by atoms with Crippen LogP contribution in [-0.4, -0.2) is 23.0 Å². The molecule has 14 heteroatoms. The Labute approximate surface area is 268 Å². The first-order valence-electron chi connectivity index (χ1n) is 13.6. The van der Waals surface area contributed by atoms with Crippen LogP contribution in [0, 0.1) is 30.2 Å². The third-order valence-corrected chi connectivity index (χ3v) is 7.68. The van der Waals surface area contributed by atoms with E-state index in [1.165, 1.54) is 37.3 Å². The van der Waals surface area contributed by atoms with Gasteiger partial charge >= 0.3 is 6.18 Å². The molecule has 0 saturated carbocycles. The van der Waals surface area contributed by atoms with Crippen molar-refractivity contribution in [3.63, 3.8) is 0 Å². The first kappa shape index (κ1) is 34.8. The molecule has 4 aromatic rings. The highest BCUT2D eigenvalue weighted by atomic mass is 32.2. The number of amides is 3. The predicted octanol–water partition coefficient (Wildman–Crippen LogP) is 8.10. The summed E-state index contributed by atoms with van der Waals surface area (Å²) in [5.41, 5.74) is -2.53. The van der Waals surface area contributed by atoms with E-state index in [0.717, 1.165) is 17.3 Å². The van der Waals surface area contributed by atoms with Gasteiger partial charge in [0.2, 0.25) is 5.91 Å². The summed E-state index contributed by atoms with van der Waals surface area (Å²) in [5, 5.41) is 5.68. The number of aryl methyl sites for hydroxylation is 1. The van der Waals surface area contributed by atoms with Gasteiger partial charge in [-0.15, -0.1) is 11.8 Å². The monoisotopic (exact) mass is 675 g/mol. The summed E-state index contributed by atoms with van der Waals surface area (Å²) in [6, 6.07) is 21.3. The third-order valence-electron chi connectivity index (χ3n) is 6.59. The number of benzene rings is 4. The molecule has 4 aromatic carbocycles. The molecule has 1 atom stereocenters. The summed E-state index contributed by atoms with van der Waals surface area (Å²) in [6.07, 6.45) is -4.23. The van der Waals surface area contributed by atoms with Crippen molar-refractivity contribution in [1.29, 1.82) is 0 Å². The molecule has 3 amide bonds. The average molecular weight is 676 g/mol. The highest BCUT2D eigenvalue weighted by Crippen LogP contribution is 2.39. The highest BCUT2D eigenvalue weighted by molar-refractivity contribution is 8.00. The molecule has 0 bridgehead atoms. The van der Waals surface area contributed by atoms with E-state index in [1.54, 1.807) is 47.8 Å². The third kappa shape index (κ3) is 8.38. The van der Waals surface area contributed by atoms with Gasteiger partial charge in [0.25, 0.3) is 11.8 Å². The molecule has 47 heavy (non-hydrogen) atoms. The predicted molar refractivity (Wildman–Crippen MR) is 163 cm³/mol. The fourth-order valence-electron chi connectivity index (χ4n) is 4.17. The lowest BCUT2D eigenvalue weighted by Crippen LogP contribution is -2.30. The maximum absolute atomic E-state index is 14.3. The summed E-state index contributed by atoms with van der Waals surface area (Å²) in [5.74, 6) is -12.7. The van der Waals surface area contributed by atoms with Gasteiger partial charge in [0.1, 0.15) is 16.9 Å². The zero-order valence-electron chi connectivity index (χ0n) is 24.4. The smallest absolute Gasteiger partial charge is 0.321 e. The number of anilines is 2. The largest absolute Gasteiger partial charge is 0.422 e. The van der Waals surface area contributed by atoms with Crippen molar-refractivity contribution in [3.8, 4) is 0 Å². The van der Waals surface area contributed by atoms with E-state index in [2.05, 4.69) is 10.6 Å². The second-order valence-electron chi connectivity index (χ2n) is 9.97. The number of hydrogen-bond acceptors (Lipinski definition) is 4. The molecule has 3 N–H and O–H groups in total. The Morgan fingerprint density at radius 2 is 1.40 bits per heavy atom. The lowest BCUT2D eigenvalue weighted by molar-refractivity contribution is -0.143. The van der Waals surface area contributed by atoms with Gasteiger partial charge < -0.3 is 16.0 Å². The zero-order valence-corrected chi connectivity index (χ0v) is 25.3. The van der Waals surface area contributed by atoms with Crippen LogP contribution in [0.25, 0.3) is 6.08 Å². The average Bonchev–Trinajstić information content (AvgIpc) is 3.02. The number of rotatable bonds is 9. The highest BCUT2D eigenvalue weighted by Gasteiger charge is 2.42. The number of carbonyl (C=O) groups is 3. The van der Waals surface area contributed by atoms with Gasteiger partial charge in [0.15, 0.2) is 23.3 Å². The van der Waals surface area contributed by atoms with Crippen molar-refractivity contribution in [2.24, 2.45) is 0 Å². The standard InChI is InChI=1S/C33H24F7N3O3S/c1-17-9-6-7-12-20(17)15-23(42-31(45)19-10-4-3-5-11-19)32(46)41-21-13-8-14-22(16-21)47-18(2)30(44)43-29-27(36)25(34)24(33(38,39)40)26(35)28(29)37/h3-16,18H,1-2H3,(H,41,46)(H,42,45)(H,43,44)/b23-15-. The minimum atomic E-state index is -5.73. The van der Waals surface area contributed by atoms with E-state index in [-0.39, 0.29) is 11.4 Å². The van der Waals surface area contributed by atoms with E-state index in [1.807, 2.05) is 19.1 Å². The molecule has 0 aliphatic carbocycles. The van der Waals surface area contributed by atoms with Gasteiger partial charge in [-0.3, -0.25) is 14.4 Å². The van der Waals surface area contributed by atoms with Gasteiger partial charge in [-0.1, -0.05) is 48.5 Å². The van der Waals surface area contributed by atoms with Crippen molar-refractivity contribution in [3.05, 3.63) is 130 Å². The maximum Gasteiger partial charge on any atom is 0.422 e. The van der Waals surface area contributed by atoms with Crippen molar-refractivity contribution < 1.29 is 45.1 Å². The summed E-state index contributed by atoms with van der Waals surface area (Å²) < 4.78 is 95.2. The number of carbonyl (C=O) groups excluding carboxylic acids is 3. The lowest BCUT2D eigenvalue weighted by atomic mass is 10.1. The first-order valence-corrected chi connectivity index (χ1v) is 14.5. The molecule has 0 aliphatic heterocycles. The molecule has 0 spiro atoms. The number of halogens is 7. The molecule has 0 aliphatic rings. The van der Waals surface area contributed by atoms with Crippen LogP contribution in [0.2, 0.25) is 0 Å². The Morgan fingerprint density at radius 1 is 0.787 bits per heavy atom. The van der Waals surface area contributed by atoms with Crippen molar-refractivity contribution in [2.75, 3.05) is 10.6 Å². The Kier molecular flexibility index (Phi) is 10.8. The number of thioether (sulfide) groups is 1. The van der Waals surface area contributed by atoms with Gasteiger partial charge in [-0.2, -0.15) is 13.2 Å². The zero-order chi connectivity index (χ0) is 34.5. The van der Waals surface area contributed by atoms with E-state index in [4.69, 9.17) is 0 Å². The van der Waals surface area contributed by atoms with Crippen LogP contribution < -0.4 is 16.0 Å². The van der Waals surface area contributed by atoms with Crippen molar-refractivity contribution >= 4 is 46.9 Å². The minimum Gasteiger partial charge on any atom is -0.321 e. The Balaban J connectivity index is 1.51. The molecule has 0 radical (unpaired) electrons. The number of hydrogen-bond donors (Lipinski definition) is 3. The van der Waals surface area contributed by atoms with Crippen molar-refractivity contribution in [1.82, 2.24) is 5.32 Å². The van der Waals surface area contributed by atoms with E-state index < -0.39 is 63.7 Å². The van der Waals surface area contributed by atoms with Gasteiger partial charge in [-0.25, -0.2) is 17.6 Å². The van der Waals surface area contributed by atoms with Crippen LogP contribution in [0.1, 0.15) is 34.0 Å². The van der Waals surface area contributed by atoms with Crippen LogP contribution in [0.3, 0.4) is 0 Å². The molecule has 0 aromatic heterocycles. The van der Waals surface area contributed by atoms with Gasteiger partial charge in [0.05, 0.1) is 5.25 Å². The molecule has 244 valence electrons. The van der Waals surface area contributed by atoms with E-state index in [9.17, 15) is 45.1 Å². The summed E-state index contributed by atoms with van der Waals surface area (Å²) in [6.45, 7) is 3.09. The summed E-state index contributed by atoms with van der Waals surface area (Å²) in [7, 11) is 0. The van der Waals surface area contributed by atoms with Gasteiger partial charge in [0, 0.05) is 16.1 Å². The van der Waals surface area contributed by atoms with Gasteiger partial charge in [-0.05, 0) is 61.4 Å². The Hall–Kier alpha value is -5.11. The first-order chi connectivity index (χ1) is 22.2. The fourth-order valence-corrected chi connectivity index (χ4v) is 5.09. The molecule has 0 fully saturated rings. The van der Waals surface area contributed by atoms with Crippen LogP contribution in [0.15, 0.2) is 89.5 Å². The van der Waals surface area contributed by atoms with Crippen LogP contribution >= 0.6 is 11.8 Å². The number of nitrogens with one attached hydrogen (secondary N) is 3. The Morgan fingerprint density at radius 3 is 2.02 bits per heavy atom.